The average Bonchev–Trinajstić information content (AvgIpc) is 3.14. The molecule has 0 unspecified atom stereocenters. The average molecular weight is 283 g/mol. The highest BCUT2D eigenvalue weighted by atomic mass is 32.2. The molecule has 1 heterocycles. The van der Waals surface area contributed by atoms with Crippen molar-refractivity contribution < 1.29 is 9.90 Å². The van der Waals surface area contributed by atoms with Crippen LogP contribution in [0, 0.1) is 0 Å². The molecular formula is C13H21N3O2S. The van der Waals surface area contributed by atoms with Crippen LogP contribution in [0.5, 0.6) is 0 Å². The minimum atomic E-state index is -0.806. The Hall–Kier alpha value is -1.04. The molecule has 0 atom stereocenters. The molecular weight excluding hydrogens is 262 g/mol. The van der Waals surface area contributed by atoms with E-state index >= 15 is 0 Å². The van der Waals surface area contributed by atoms with Crippen molar-refractivity contribution in [2.75, 3.05) is 5.75 Å². The molecule has 5 nitrogen and oxygen atoms in total. The van der Waals surface area contributed by atoms with Gasteiger partial charge in [0.25, 0.3) is 0 Å². The van der Waals surface area contributed by atoms with Gasteiger partial charge in [-0.15, -0.1) is 10.2 Å². The van der Waals surface area contributed by atoms with Crippen LogP contribution < -0.4 is 0 Å². The highest BCUT2D eigenvalue weighted by Crippen LogP contribution is 2.39. The third-order valence-electron chi connectivity index (χ3n) is 3.23. The predicted molar refractivity (Wildman–Crippen MR) is 74.5 cm³/mol. The number of aromatic nitrogens is 3. The highest BCUT2D eigenvalue weighted by Gasteiger charge is 2.29. The zero-order valence-corrected chi connectivity index (χ0v) is 12.2. The summed E-state index contributed by atoms with van der Waals surface area (Å²) in [5.41, 5.74) is 0. The zero-order valence-electron chi connectivity index (χ0n) is 11.3. The van der Waals surface area contributed by atoms with Crippen molar-refractivity contribution in [1.82, 2.24) is 14.8 Å². The number of carboxylic acid groups (broad SMARTS) is 1. The fourth-order valence-electron chi connectivity index (χ4n) is 2.11. The van der Waals surface area contributed by atoms with Crippen LogP contribution in [0.15, 0.2) is 5.16 Å². The Balaban J connectivity index is 1.96. The summed E-state index contributed by atoms with van der Waals surface area (Å²) in [4.78, 5) is 10.6. The number of aliphatic carboxylic acids is 1. The molecule has 1 aromatic heterocycles. The van der Waals surface area contributed by atoms with Gasteiger partial charge in [-0.05, 0) is 19.3 Å². The predicted octanol–water partition coefficient (Wildman–Crippen LogP) is 2.91. The molecule has 0 saturated heterocycles. The van der Waals surface area contributed by atoms with Gasteiger partial charge in [0.2, 0.25) is 0 Å². The van der Waals surface area contributed by atoms with E-state index in [9.17, 15) is 4.79 Å². The summed E-state index contributed by atoms with van der Waals surface area (Å²) in [7, 11) is 0. The topological polar surface area (TPSA) is 68.0 Å². The number of carboxylic acids is 1. The smallest absolute Gasteiger partial charge is 0.313 e. The third kappa shape index (κ3) is 4.23. The van der Waals surface area contributed by atoms with Gasteiger partial charge in [-0.1, -0.05) is 37.9 Å². The quantitative estimate of drug-likeness (QED) is 0.557. The van der Waals surface area contributed by atoms with Crippen LogP contribution >= 0.6 is 11.8 Å². The second kappa shape index (κ2) is 6.93. The number of unbranched alkanes of at least 4 members (excludes halogenated alkanes) is 3. The van der Waals surface area contributed by atoms with Crippen LogP contribution in [0.3, 0.4) is 0 Å². The van der Waals surface area contributed by atoms with Gasteiger partial charge in [-0.25, -0.2) is 0 Å². The fourth-order valence-corrected chi connectivity index (χ4v) is 2.86. The molecule has 1 aliphatic rings. The number of hydrogen-bond donors (Lipinski definition) is 1. The Kier molecular flexibility index (Phi) is 5.24. The van der Waals surface area contributed by atoms with Crippen LogP contribution in [0.25, 0.3) is 0 Å². The van der Waals surface area contributed by atoms with Crippen molar-refractivity contribution >= 4 is 17.7 Å². The molecule has 0 amide bonds. The van der Waals surface area contributed by atoms with Crippen LogP contribution in [-0.2, 0) is 11.2 Å². The van der Waals surface area contributed by atoms with E-state index in [1.165, 1.54) is 43.9 Å². The Morgan fingerprint density at radius 2 is 2.16 bits per heavy atom. The molecule has 1 N–H and O–H groups in total. The molecule has 0 aromatic carbocycles. The first kappa shape index (κ1) is 14.4. The maximum absolute atomic E-state index is 10.6. The number of thioether (sulfide) groups is 1. The lowest BCUT2D eigenvalue weighted by molar-refractivity contribution is -0.133. The van der Waals surface area contributed by atoms with Gasteiger partial charge >= 0.3 is 5.97 Å². The van der Waals surface area contributed by atoms with E-state index in [1.807, 2.05) is 0 Å². The largest absolute Gasteiger partial charge is 0.481 e. The summed E-state index contributed by atoms with van der Waals surface area (Å²) in [5.74, 6) is 0.284. The number of hydrogen-bond acceptors (Lipinski definition) is 4. The van der Waals surface area contributed by atoms with Crippen molar-refractivity contribution in [3.63, 3.8) is 0 Å². The normalized spacial score (nSPS) is 14.8. The Bertz CT molecular complexity index is 430. The summed E-state index contributed by atoms with van der Waals surface area (Å²) in [6, 6.07) is 0.507. The van der Waals surface area contributed by atoms with E-state index in [-0.39, 0.29) is 5.75 Å². The molecule has 0 bridgehead atoms. The zero-order chi connectivity index (χ0) is 13.7. The SMILES string of the molecule is CCCCCCc1nnc(SCC(=O)O)n1C1CC1. The van der Waals surface area contributed by atoms with Gasteiger partial charge in [-0.2, -0.15) is 0 Å². The molecule has 0 radical (unpaired) electrons. The first-order valence-corrected chi connectivity index (χ1v) is 7.99. The van der Waals surface area contributed by atoms with Crippen LogP contribution in [0.4, 0.5) is 0 Å². The molecule has 0 spiro atoms. The van der Waals surface area contributed by atoms with Crippen molar-refractivity contribution in [1.29, 1.82) is 0 Å². The number of carbonyl (C=O) groups is 1. The maximum Gasteiger partial charge on any atom is 0.313 e. The van der Waals surface area contributed by atoms with Crippen molar-refractivity contribution in [2.24, 2.45) is 0 Å². The Morgan fingerprint density at radius 1 is 1.37 bits per heavy atom. The summed E-state index contributed by atoms with van der Waals surface area (Å²) >= 11 is 1.28. The number of rotatable bonds is 9. The summed E-state index contributed by atoms with van der Waals surface area (Å²) < 4.78 is 2.17. The fraction of sp³-hybridized carbons (Fsp3) is 0.769. The lowest BCUT2D eigenvalue weighted by atomic mass is 10.1. The molecule has 0 aliphatic heterocycles. The highest BCUT2D eigenvalue weighted by molar-refractivity contribution is 7.99. The molecule has 1 aliphatic carbocycles. The van der Waals surface area contributed by atoms with Gasteiger partial charge in [0, 0.05) is 12.5 Å². The molecule has 19 heavy (non-hydrogen) atoms. The number of aryl methyl sites for hydroxylation is 1. The molecule has 2 rings (SSSR count). The van der Waals surface area contributed by atoms with Crippen molar-refractivity contribution in [3.8, 4) is 0 Å². The standard InChI is InChI=1S/C13H21N3O2S/c1-2-3-4-5-6-11-14-15-13(19-9-12(17)18)16(11)10-7-8-10/h10H,2-9H2,1H3,(H,17,18). The van der Waals surface area contributed by atoms with Crippen molar-refractivity contribution in [3.05, 3.63) is 5.82 Å². The minimum Gasteiger partial charge on any atom is -0.481 e. The van der Waals surface area contributed by atoms with Gasteiger partial charge < -0.3 is 9.67 Å². The van der Waals surface area contributed by atoms with Crippen LogP contribution in [0.2, 0.25) is 0 Å². The molecule has 6 heteroatoms. The second-order valence-corrected chi connectivity index (χ2v) is 5.94. The van der Waals surface area contributed by atoms with Crippen molar-refractivity contribution in [2.45, 2.75) is 63.1 Å². The molecule has 1 saturated carbocycles. The van der Waals surface area contributed by atoms with Gasteiger partial charge in [0.05, 0.1) is 5.75 Å². The Labute approximate surface area is 117 Å². The summed E-state index contributed by atoms with van der Waals surface area (Å²) in [6.45, 7) is 2.20. The first-order chi connectivity index (χ1) is 9.22. The summed E-state index contributed by atoms with van der Waals surface area (Å²) in [5, 5.41) is 17.9. The first-order valence-electron chi connectivity index (χ1n) is 7.00. The molecule has 106 valence electrons. The van der Waals surface area contributed by atoms with E-state index in [0.717, 1.165) is 23.8 Å². The summed E-state index contributed by atoms with van der Waals surface area (Å²) in [6.07, 6.45) is 8.15. The third-order valence-corrected chi connectivity index (χ3v) is 4.15. The van der Waals surface area contributed by atoms with E-state index in [2.05, 4.69) is 21.7 Å². The van der Waals surface area contributed by atoms with Crippen LogP contribution in [0.1, 0.15) is 57.3 Å². The van der Waals surface area contributed by atoms with Gasteiger partial charge in [0.15, 0.2) is 5.16 Å². The van der Waals surface area contributed by atoms with Crippen LogP contribution in [-0.4, -0.2) is 31.6 Å². The monoisotopic (exact) mass is 283 g/mol. The Morgan fingerprint density at radius 3 is 2.79 bits per heavy atom. The van der Waals surface area contributed by atoms with Gasteiger partial charge in [0.1, 0.15) is 5.82 Å². The van der Waals surface area contributed by atoms with E-state index in [0.29, 0.717) is 6.04 Å². The lowest BCUT2D eigenvalue weighted by Gasteiger charge is -2.07. The molecule has 1 fully saturated rings. The van der Waals surface area contributed by atoms with E-state index in [4.69, 9.17) is 5.11 Å². The van der Waals surface area contributed by atoms with E-state index < -0.39 is 5.97 Å². The maximum atomic E-state index is 10.6. The molecule has 1 aromatic rings. The minimum absolute atomic E-state index is 0.0562. The lowest BCUT2D eigenvalue weighted by Crippen LogP contribution is -2.05. The van der Waals surface area contributed by atoms with Gasteiger partial charge in [-0.3, -0.25) is 4.79 Å². The second-order valence-electron chi connectivity index (χ2n) is 4.99. The number of nitrogens with zero attached hydrogens (tertiary/aromatic N) is 3. The van der Waals surface area contributed by atoms with E-state index in [1.54, 1.807) is 0 Å².